The summed E-state index contributed by atoms with van der Waals surface area (Å²) in [5.74, 6) is 0. The molecule has 0 saturated carbocycles. The number of aryl methyl sites for hydroxylation is 2. The Kier molecular flexibility index (Phi) is 2.56. The SMILES string of the molecule is Cc1cc2c(-c3ccccc3C)nc(Cl)nc2[nH]1. The minimum Gasteiger partial charge on any atom is -0.343 e. The van der Waals surface area contributed by atoms with E-state index < -0.39 is 0 Å². The zero-order chi connectivity index (χ0) is 12.7. The Hall–Kier alpha value is -1.87. The monoisotopic (exact) mass is 257 g/mol. The Morgan fingerprint density at radius 3 is 2.67 bits per heavy atom. The summed E-state index contributed by atoms with van der Waals surface area (Å²) in [6.07, 6.45) is 0. The van der Waals surface area contributed by atoms with Crippen LogP contribution in [0.15, 0.2) is 30.3 Å². The van der Waals surface area contributed by atoms with Gasteiger partial charge in [-0.05, 0) is 37.1 Å². The van der Waals surface area contributed by atoms with Crippen LogP contribution in [0, 0.1) is 13.8 Å². The number of nitrogens with zero attached hydrogens (tertiary/aromatic N) is 2. The highest BCUT2D eigenvalue weighted by Crippen LogP contribution is 2.29. The molecular formula is C14H12ClN3. The van der Waals surface area contributed by atoms with Gasteiger partial charge in [-0.25, -0.2) is 4.98 Å². The van der Waals surface area contributed by atoms with Crippen molar-refractivity contribution in [2.24, 2.45) is 0 Å². The third-order valence-corrected chi connectivity index (χ3v) is 3.16. The molecule has 0 saturated heterocycles. The van der Waals surface area contributed by atoms with Crippen molar-refractivity contribution in [3.63, 3.8) is 0 Å². The lowest BCUT2D eigenvalue weighted by Gasteiger charge is -2.06. The van der Waals surface area contributed by atoms with Crippen LogP contribution in [0.3, 0.4) is 0 Å². The van der Waals surface area contributed by atoms with Gasteiger partial charge in [-0.3, -0.25) is 0 Å². The molecule has 3 aromatic rings. The maximum Gasteiger partial charge on any atom is 0.224 e. The van der Waals surface area contributed by atoms with Crippen LogP contribution in [0.2, 0.25) is 5.28 Å². The van der Waals surface area contributed by atoms with Gasteiger partial charge in [0.15, 0.2) is 0 Å². The number of aromatic nitrogens is 3. The number of rotatable bonds is 1. The minimum atomic E-state index is 0.266. The van der Waals surface area contributed by atoms with Gasteiger partial charge < -0.3 is 4.98 Å². The summed E-state index contributed by atoms with van der Waals surface area (Å²) in [6, 6.07) is 10.2. The zero-order valence-corrected chi connectivity index (χ0v) is 10.9. The van der Waals surface area contributed by atoms with E-state index in [2.05, 4.69) is 34.0 Å². The van der Waals surface area contributed by atoms with Crippen LogP contribution in [0.4, 0.5) is 0 Å². The van der Waals surface area contributed by atoms with E-state index in [0.29, 0.717) is 0 Å². The lowest BCUT2D eigenvalue weighted by atomic mass is 10.0. The number of aromatic amines is 1. The van der Waals surface area contributed by atoms with Crippen molar-refractivity contribution in [1.29, 1.82) is 0 Å². The van der Waals surface area contributed by atoms with Crippen molar-refractivity contribution in [3.05, 3.63) is 46.9 Å². The molecule has 90 valence electrons. The van der Waals surface area contributed by atoms with Crippen LogP contribution in [-0.2, 0) is 0 Å². The predicted octanol–water partition coefficient (Wildman–Crippen LogP) is 3.90. The Morgan fingerprint density at radius 1 is 1.11 bits per heavy atom. The van der Waals surface area contributed by atoms with E-state index in [0.717, 1.165) is 28.0 Å². The molecule has 0 radical (unpaired) electrons. The first-order chi connectivity index (χ1) is 8.65. The molecular weight excluding hydrogens is 246 g/mol. The molecule has 0 aliphatic rings. The molecule has 0 amide bonds. The Labute approximate surface area is 110 Å². The van der Waals surface area contributed by atoms with Gasteiger partial charge in [0, 0.05) is 16.6 Å². The number of hydrogen-bond acceptors (Lipinski definition) is 2. The van der Waals surface area contributed by atoms with Gasteiger partial charge in [0.05, 0.1) is 5.69 Å². The van der Waals surface area contributed by atoms with E-state index >= 15 is 0 Å². The van der Waals surface area contributed by atoms with E-state index in [4.69, 9.17) is 11.6 Å². The van der Waals surface area contributed by atoms with Gasteiger partial charge in [0.1, 0.15) is 5.65 Å². The largest absolute Gasteiger partial charge is 0.343 e. The van der Waals surface area contributed by atoms with Gasteiger partial charge in [-0.1, -0.05) is 24.3 Å². The lowest BCUT2D eigenvalue weighted by molar-refractivity contribution is 1.18. The molecule has 2 heterocycles. The number of fused-ring (bicyclic) bond motifs is 1. The van der Waals surface area contributed by atoms with Gasteiger partial charge in [-0.15, -0.1) is 0 Å². The van der Waals surface area contributed by atoms with Crippen LogP contribution in [0.5, 0.6) is 0 Å². The molecule has 0 spiro atoms. The molecule has 0 bridgehead atoms. The molecule has 2 aromatic heterocycles. The maximum absolute atomic E-state index is 5.99. The molecule has 0 fully saturated rings. The molecule has 0 atom stereocenters. The van der Waals surface area contributed by atoms with E-state index in [-0.39, 0.29) is 5.28 Å². The molecule has 1 N–H and O–H groups in total. The highest BCUT2D eigenvalue weighted by molar-refractivity contribution is 6.28. The van der Waals surface area contributed by atoms with E-state index in [1.54, 1.807) is 0 Å². The van der Waals surface area contributed by atoms with Crippen LogP contribution in [-0.4, -0.2) is 15.0 Å². The number of halogens is 1. The maximum atomic E-state index is 5.99. The average molecular weight is 258 g/mol. The third kappa shape index (κ3) is 1.77. The molecule has 4 heteroatoms. The van der Waals surface area contributed by atoms with E-state index in [1.807, 2.05) is 25.1 Å². The highest BCUT2D eigenvalue weighted by atomic mass is 35.5. The minimum absolute atomic E-state index is 0.266. The second-order valence-corrected chi connectivity index (χ2v) is 4.71. The lowest BCUT2D eigenvalue weighted by Crippen LogP contribution is -1.91. The first-order valence-corrected chi connectivity index (χ1v) is 6.12. The van der Waals surface area contributed by atoms with Gasteiger partial charge in [0.2, 0.25) is 5.28 Å². The van der Waals surface area contributed by atoms with E-state index in [9.17, 15) is 0 Å². The van der Waals surface area contributed by atoms with Crippen LogP contribution < -0.4 is 0 Å². The van der Waals surface area contributed by atoms with Crippen molar-refractivity contribution in [2.45, 2.75) is 13.8 Å². The zero-order valence-electron chi connectivity index (χ0n) is 10.2. The molecule has 0 unspecified atom stereocenters. The number of benzene rings is 1. The molecule has 18 heavy (non-hydrogen) atoms. The predicted molar refractivity (Wildman–Crippen MR) is 73.8 cm³/mol. The summed E-state index contributed by atoms with van der Waals surface area (Å²) in [7, 11) is 0. The fourth-order valence-corrected chi connectivity index (χ4v) is 2.33. The van der Waals surface area contributed by atoms with Gasteiger partial charge >= 0.3 is 0 Å². The van der Waals surface area contributed by atoms with Crippen molar-refractivity contribution >= 4 is 22.6 Å². The summed E-state index contributed by atoms with van der Waals surface area (Å²) in [5, 5.41) is 1.27. The average Bonchev–Trinajstić information content (AvgIpc) is 2.69. The van der Waals surface area contributed by atoms with Crippen molar-refractivity contribution < 1.29 is 0 Å². The number of nitrogens with one attached hydrogen (secondary N) is 1. The first-order valence-electron chi connectivity index (χ1n) is 5.74. The third-order valence-electron chi connectivity index (χ3n) is 2.99. The molecule has 1 aromatic carbocycles. The Balaban J connectivity index is 2.38. The quantitative estimate of drug-likeness (QED) is 0.672. The topological polar surface area (TPSA) is 41.6 Å². The highest BCUT2D eigenvalue weighted by Gasteiger charge is 2.12. The van der Waals surface area contributed by atoms with E-state index in [1.165, 1.54) is 5.56 Å². The standard InChI is InChI=1S/C14H12ClN3/c1-8-5-3-4-6-10(8)12-11-7-9(2)16-13(11)18-14(15)17-12/h3-7H,1-2H3,(H,16,17,18). The van der Waals surface area contributed by atoms with Crippen LogP contribution in [0.1, 0.15) is 11.3 Å². The van der Waals surface area contributed by atoms with Crippen LogP contribution in [0.25, 0.3) is 22.3 Å². The second-order valence-electron chi connectivity index (χ2n) is 4.37. The normalized spacial score (nSPS) is 11.1. The molecule has 0 aliphatic heterocycles. The Morgan fingerprint density at radius 2 is 1.89 bits per heavy atom. The Bertz CT molecular complexity index is 731. The number of hydrogen-bond donors (Lipinski definition) is 1. The van der Waals surface area contributed by atoms with Crippen LogP contribution >= 0.6 is 11.6 Å². The molecule has 3 nitrogen and oxygen atoms in total. The summed E-state index contributed by atoms with van der Waals surface area (Å²) in [5.41, 5.74) is 4.98. The summed E-state index contributed by atoms with van der Waals surface area (Å²) in [6.45, 7) is 4.06. The summed E-state index contributed by atoms with van der Waals surface area (Å²) in [4.78, 5) is 11.8. The smallest absolute Gasteiger partial charge is 0.224 e. The van der Waals surface area contributed by atoms with Gasteiger partial charge in [0.25, 0.3) is 0 Å². The fourth-order valence-electron chi connectivity index (χ4n) is 2.16. The van der Waals surface area contributed by atoms with Crippen molar-refractivity contribution in [3.8, 4) is 11.3 Å². The number of H-pyrrole nitrogens is 1. The fraction of sp³-hybridized carbons (Fsp3) is 0.143. The summed E-state index contributed by atoms with van der Waals surface area (Å²) < 4.78 is 0. The molecule has 3 rings (SSSR count). The summed E-state index contributed by atoms with van der Waals surface area (Å²) >= 11 is 5.99. The molecule has 0 aliphatic carbocycles. The van der Waals surface area contributed by atoms with Crippen molar-refractivity contribution in [2.75, 3.05) is 0 Å². The first kappa shape index (κ1) is 11.2. The van der Waals surface area contributed by atoms with Gasteiger partial charge in [-0.2, -0.15) is 4.98 Å². The van der Waals surface area contributed by atoms with Crippen molar-refractivity contribution in [1.82, 2.24) is 15.0 Å². The second kappa shape index (κ2) is 4.10.